The number of rotatable bonds is 2. The van der Waals surface area contributed by atoms with Gasteiger partial charge < -0.3 is 5.21 Å². The fourth-order valence-electron chi connectivity index (χ4n) is 1.31. The predicted molar refractivity (Wildman–Crippen MR) is 55.9 cm³/mol. The summed E-state index contributed by atoms with van der Waals surface area (Å²) < 4.78 is 0. The third kappa shape index (κ3) is 1.99. The molecule has 0 bridgehead atoms. The molecule has 1 aromatic carbocycles. The number of aromatic nitrogens is 2. The van der Waals surface area contributed by atoms with Crippen molar-refractivity contribution in [3.63, 3.8) is 0 Å². The van der Waals surface area contributed by atoms with Crippen molar-refractivity contribution in [3.05, 3.63) is 59.9 Å². The molecule has 1 N–H and O–H groups in total. The Labute approximate surface area is 86.9 Å². The molecule has 74 valence electrons. The maximum atomic E-state index is 8.97. The van der Waals surface area contributed by atoms with Crippen LogP contribution in [0.25, 0.3) is 0 Å². The second-order valence-corrected chi connectivity index (χ2v) is 2.95. The summed E-state index contributed by atoms with van der Waals surface area (Å²) >= 11 is 0. The van der Waals surface area contributed by atoms with Gasteiger partial charge in [-0.1, -0.05) is 35.5 Å². The van der Waals surface area contributed by atoms with Crippen LogP contribution in [0.3, 0.4) is 0 Å². The third-order valence-electron chi connectivity index (χ3n) is 2.00. The lowest BCUT2D eigenvalue weighted by atomic mass is 10.1. The fraction of sp³-hybridized carbons (Fsp3) is 0. The minimum absolute atomic E-state index is 0.491. The Hall–Kier alpha value is -2.23. The van der Waals surface area contributed by atoms with Gasteiger partial charge in [-0.2, -0.15) is 10.2 Å². The third-order valence-corrected chi connectivity index (χ3v) is 2.00. The number of hydrogen-bond donors (Lipinski definition) is 1. The van der Waals surface area contributed by atoms with Gasteiger partial charge in [0.1, 0.15) is 5.71 Å². The lowest BCUT2D eigenvalue weighted by Crippen LogP contribution is -2.03. The molecule has 1 aromatic heterocycles. The standard InChI is InChI=1S/C11H9N3O/c15-14-11(9-4-2-1-3-5-9)10-6-7-12-13-8-10/h1-8,15H/b14-11-. The second-order valence-electron chi connectivity index (χ2n) is 2.95. The van der Waals surface area contributed by atoms with Crippen LogP contribution in [0.4, 0.5) is 0 Å². The van der Waals surface area contributed by atoms with Crippen LogP contribution >= 0.6 is 0 Å². The SMILES string of the molecule is O/N=C(/c1ccccc1)c1ccnnc1. The molecule has 0 saturated carbocycles. The first kappa shape index (κ1) is 9.33. The zero-order chi connectivity index (χ0) is 10.5. The summed E-state index contributed by atoms with van der Waals surface area (Å²) in [6, 6.07) is 11.2. The highest BCUT2D eigenvalue weighted by Gasteiger charge is 2.06. The molecule has 2 aromatic rings. The van der Waals surface area contributed by atoms with Crippen molar-refractivity contribution in [1.82, 2.24) is 10.2 Å². The topological polar surface area (TPSA) is 58.4 Å². The summed E-state index contributed by atoms with van der Waals surface area (Å²) in [5.74, 6) is 0. The molecule has 0 aliphatic heterocycles. The fourth-order valence-corrected chi connectivity index (χ4v) is 1.31. The van der Waals surface area contributed by atoms with Gasteiger partial charge in [0.25, 0.3) is 0 Å². The lowest BCUT2D eigenvalue weighted by Gasteiger charge is -2.02. The molecule has 0 amide bonds. The zero-order valence-electron chi connectivity index (χ0n) is 7.91. The molecule has 0 atom stereocenters. The molecule has 0 saturated heterocycles. The molecule has 15 heavy (non-hydrogen) atoms. The summed E-state index contributed by atoms with van der Waals surface area (Å²) in [7, 11) is 0. The van der Waals surface area contributed by atoms with Crippen LogP contribution in [0.5, 0.6) is 0 Å². The van der Waals surface area contributed by atoms with E-state index in [0.717, 1.165) is 11.1 Å². The van der Waals surface area contributed by atoms with Gasteiger partial charge in [0.2, 0.25) is 0 Å². The van der Waals surface area contributed by atoms with Crippen molar-refractivity contribution in [2.45, 2.75) is 0 Å². The van der Waals surface area contributed by atoms with E-state index in [1.54, 1.807) is 18.5 Å². The molecule has 0 aliphatic rings. The smallest absolute Gasteiger partial charge is 0.118 e. The lowest BCUT2D eigenvalue weighted by molar-refractivity contribution is 0.319. The largest absolute Gasteiger partial charge is 0.410 e. The Kier molecular flexibility index (Phi) is 2.69. The van der Waals surface area contributed by atoms with Crippen molar-refractivity contribution in [2.24, 2.45) is 5.16 Å². The van der Waals surface area contributed by atoms with E-state index in [9.17, 15) is 0 Å². The number of hydrogen-bond acceptors (Lipinski definition) is 4. The van der Waals surface area contributed by atoms with E-state index >= 15 is 0 Å². The minimum atomic E-state index is 0.491. The highest BCUT2D eigenvalue weighted by Crippen LogP contribution is 2.08. The molecule has 0 spiro atoms. The van der Waals surface area contributed by atoms with Gasteiger partial charge in [-0.05, 0) is 6.07 Å². The number of benzene rings is 1. The summed E-state index contributed by atoms with van der Waals surface area (Å²) in [5.41, 5.74) is 2.07. The van der Waals surface area contributed by atoms with E-state index in [1.165, 1.54) is 0 Å². The average molecular weight is 199 g/mol. The van der Waals surface area contributed by atoms with E-state index < -0.39 is 0 Å². The Balaban J connectivity index is 2.44. The van der Waals surface area contributed by atoms with Crippen molar-refractivity contribution in [3.8, 4) is 0 Å². The van der Waals surface area contributed by atoms with Gasteiger partial charge in [-0.25, -0.2) is 0 Å². The van der Waals surface area contributed by atoms with Gasteiger partial charge in [0, 0.05) is 11.1 Å². The Morgan fingerprint density at radius 3 is 2.40 bits per heavy atom. The molecule has 0 aliphatic carbocycles. The molecule has 1 heterocycles. The van der Waals surface area contributed by atoms with E-state index in [1.807, 2.05) is 30.3 Å². The molecule has 0 unspecified atom stereocenters. The zero-order valence-corrected chi connectivity index (χ0v) is 7.91. The molecule has 4 nitrogen and oxygen atoms in total. The van der Waals surface area contributed by atoms with E-state index in [0.29, 0.717) is 5.71 Å². The van der Waals surface area contributed by atoms with Gasteiger partial charge >= 0.3 is 0 Å². The van der Waals surface area contributed by atoms with Crippen molar-refractivity contribution in [2.75, 3.05) is 0 Å². The number of nitrogens with zero attached hydrogens (tertiary/aromatic N) is 3. The van der Waals surface area contributed by atoms with Crippen LogP contribution in [-0.2, 0) is 0 Å². The van der Waals surface area contributed by atoms with Gasteiger partial charge in [0.05, 0.1) is 12.4 Å². The monoisotopic (exact) mass is 199 g/mol. The van der Waals surface area contributed by atoms with Crippen LogP contribution in [0, 0.1) is 0 Å². The summed E-state index contributed by atoms with van der Waals surface area (Å²) in [6.45, 7) is 0. The Morgan fingerprint density at radius 2 is 1.80 bits per heavy atom. The second kappa shape index (κ2) is 4.32. The quantitative estimate of drug-likeness (QED) is 0.455. The highest BCUT2D eigenvalue weighted by atomic mass is 16.4. The maximum absolute atomic E-state index is 8.97. The van der Waals surface area contributed by atoms with Crippen LogP contribution < -0.4 is 0 Å². The van der Waals surface area contributed by atoms with E-state index in [2.05, 4.69) is 15.4 Å². The predicted octanol–water partition coefficient (Wildman–Crippen LogP) is 1.70. The average Bonchev–Trinajstić information content (AvgIpc) is 2.33. The number of oxime groups is 1. The first-order chi connectivity index (χ1) is 7.42. The maximum Gasteiger partial charge on any atom is 0.118 e. The van der Waals surface area contributed by atoms with E-state index in [-0.39, 0.29) is 0 Å². The molecule has 2 rings (SSSR count). The summed E-state index contributed by atoms with van der Waals surface area (Å²) in [4.78, 5) is 0. The van der Waals surface area contributed by atoms with Crippen molar-refractivity contribution < 1.29 is 5.21 Å². The molecule has 0 radical (unpaired) electrons. The summed E-state index contributed by atoms with van der Waals surface area (Å²) in [5, 5.41) is 19.7. The summed E-state index contributed by atoms with van der Waals surface area (Å²) in [6.07, 6.45) is 3.12. The molecular formula is C11H9N3O. The normalized spacial score (nSPS) is 11.3. The highest BCUT2D eigenvalue weighted by molar-refractivity contribution is 6.12. The van der Waals surface area contributed by atoms with Crippen LogP contribution in [-0.4, -0.2) is 21.1 Å². The van der Waals surface area contributed by atoms with Gasteiger partial charge in [-0.15, -0.1) is 0 Å². The first-order valence-corrected chi connectivity index (χ1v) is 4.46. The van der Waals surface area contributed by atoms with Crippen LogP contribution in [0.1, 0.15) is 11.1 Å². The van der Waals surface area contributed by atoms with Crippen LogP contribution in [0.2, 0.25) is 0 Å². The molecule has 4 heteroatoms. The minimum Gasteiger partial charge on any atom is -0.410 e. The first-order valence-electron chi connectivity index (χ1n) is 4.46. The molecule has 0 fully saturated rings. The molecular weight excluding hydrogens is 190 g/mol. The van der Waals surface area contributed by atoms with Crippen molar-refractivity contribution >= 4 is 5.71 Å². The Bertz CT molecular complexity index is 412. The van der Waals surface area contributed by atoms with Gasteiger partial charge in [-0.3, -0.25) is 0 Å². The Morgan fingerprint density at radius 1 is 1.00 bits per heavy atom. The van der Waals surface area contributed by atoms with Crippen molar-refractivity contribution in [1.29, 1.82) is 0 Å². The van der Waals surface area contributed by atoms with Crippen LogP contribution in [0.15, 0.2) is 53.9 Å². The van der Waals surface area contributed by atoms with Gasteiger partial charge in [0.15, 0.2) is 0 Å². The van der Waals surface area contributed by atoms with E-state index in [4.69, 9.17) is 5.21 Å².